The minimum Gasteiger partial charge on any atom is -0.302 e. The van der Waals surface area contributed by atoms with Crippen molar-refractivity contribution in [2.45, 2.75) is 26.4 Å². The smallest absolute Gasteiger partial charge is 0.302 e. The van der Waals surface area contributed by atoms with Crippen molar-refractivity contribution in [2.75, 3.05) is 0 Å². The first-order chi connectivity index (χ1) is 2.56. The summed E-state index contributed by atoms with van der Waals surface area (Å²) in [6.07, 6.45) is 0. The van der Waals surface area contributed by atoms with Gasteiger partial charge in [0.15, 0.2) is 0 Å². The third-order valence-electron chi connectivity index (χ3n) is 0.231. The van der Waals surface area contributed by atoms with Crippen LogP contribution in [0.3, 0.4) is 0 Å². The highest BCUT2D eigenvalue weighted by molar-refractivity contribution is 9.06. The highest BCUT2D eigenvalue weighted by Gasteiger charge is 2.06. The predicted molar refractivity (Wildman–Crippen MR) is 30.9 cm³/mol. The van der Waals surface area contributed by atoms with Crippen LogP contribution in [0.2, 0.25) is 0 Å². The first kappa shape index (κ1) is 6.44. The molecule has 0 radical (unpaired) electrons. The maximum absolute atomic E-state index is 4.75. The van der Waals surface area contributed by atoms with Crippen molar-refractivity contribution in [3.63, 3.8) is 0 Å². The highest BCUT2D eigenvalue weighted by atomic mass is 79.9. The van der Waals surface area contributed by atoms with Crippen LogP contribution in [0.4, 0.5) is 0 Å². The lowest BCUT2D eigenvalue weighted by Crippen LogP contribution is -2.12. The molecule has 0 heterocycles. The van der Waals surface area contributed by atoms with Gasteiger partial charge in [0, 0.05) is 0 Å². The predicted octanol–water partition coefficient (Wildman–Crippen LogP) is 2.22. The van der Waals surface area contributed by atoms with Gasteiger partial charge in [-0.25, -0.2) is 0 Å². The van der Waals surface area contributed by atoms with Crippen LogP contribution in [-0.2, 0) is 3.83 Å². The van der Waals surface area contributed by atoms with Crippen molar-refractivity contribution in [2.24, 2.45) is 0 Å². The molecule has 0 spiro atoms. The SMILES string of the molecule is CC(C)(C)OBr.[H+]. The Kier molecular flexibility index (Phi) is 2.08. The highest BCUT2D eigenvalue weighted by Crippen LogP contribution is 2.09. The molecule has 0 aromatic heterocycles. The van der Waals surface area contributed by atoms with Crippen LogP contribution in [-0.4, -0.2) is 5.60 Å². The molecule has 38 valence electrons. The molecule has 6 heavy (non-hydrogen) atoms. The Balaban J connectivity index is 0. The lowest BCUT2D eigenvalue weighted by atomic mass is 10.2. The number of halogens is 1. The molecule has 0 saturated carbocycles. The Morgan fingerprint density at radius 2 is 1.67 bits per heavy atom. The quantitative estimate of drug-likeness (QED) is 0.519. The number of rotatable bonds is 0. The molecule has 0 fully saturated rings. The number of hydrogen-bond donors (Lipinski definition) is 0. The molecule has 0 atom stereocenters. The van der Waals surface area contributed by atoms with Gasteiger partial charge in [0.25, 0.3) is 0 Å². The summed E-state index contributed by atoms with van der Waals surface area (Å²) in [6, 6.07) is 0. The fraction of sp³-hybridized carbons (Fsp3) is 1.00. The van der Waals surface area contributed by atoms with E-state index < -0.39 is 0 Å². The van der Waals surface area contributed by atoms with Gasteiger partial charge < -0.3 is 3.83 Å². The van der Waals surface area contributed by atoms with Gasteiger partial charge in [-0.1, -0.05) is 0 Å². The van der Waals surface area contributed by atoms with Crippen LogP contribution in [0.5, 0.6) is 0 Å². The molecule has 1 nitrogen and oxygen atoms in total. The first-order valence-electron chi connectivity index (χ1n) is 1.86. The van der Waals surface area contributed by atoms with Crippen LogP contribution in [0.1, 0.15) is 22.2 Å². The fourth-order valence-electron chi connectivity index (χ4n) is 0. The molecule has 0 amide bonds. The van der Waals surface area contributed by atoms with Crippen LogP contribution >= 0.6 is 16.3 Å². The molecule has 0 saturated heterocycles. The van der Waals surface area contributed by atoms with Gasteiger partial charge in [0.1, 0.15) is 0 Å². The number of hydrogen-bond acceptors (Lipinski definition) is 1. The van der Waals surface area contributed by atoms with Crippen molar-refractivity contribution in [1.29, 1.82) is 0 Å². The van der Waals surface area contributed by atoms with Crippen molar-refractivity contribution in [1.82, 2.24) is 0 Å². The average Bonchev–Trinajstić information content (AvgIpc) is 1.35. The molecule has 0 aromatic rings. The normalized spacial score (nSPS) is 12.0. The Hall–Kier alpha value is 0.440. The van der Waals surface area contributed by atoms with Crippen LogP contribution < -0.4 is 0 Å². The zero-order valence-corrected chi connectivity index (χ0v) is 5.87. The Bertz CT molecular complexity index is 41.4. The molecule has 0 unspecified atom stereocenters. The summed E-state index contributed by atoms with van der Waals surface area (Å²) in [5, 5.41) is 0. The summed E-state index contributed by atoms with van der Waals surface area (Å²) in [6.45, 7) is 5.92. The lowest BCUT2D eigenvalue weighted by molar-refractivity contribution is 0.180. The van der Waals surface area contributed by atoms with Crippen molar-refractivity contribution >= 4 is 16.3 Å². The Morgan fingerprint density at radius 1 is 1.50 bits per heavy atom. The van der Waals surface area contributed by atoms with E-state index in [4.69, 9.17) is 3.83 Å². The summed E-state index contributed by atoms with van der Waals surface area (Å²) < 4.78 is 4.75. The zero-order chi connectivity index (χ0) is 5.21. The van der Waals surface area contributed by atoms with Gasteiger partial charge in [-0.05, 0) is 20.8 Å². The van der Waals surface area contributed by atoms with E-state index in [0.29, 0.717) is 0 Å². The van der Waals surface area contributed by atoms with Gasteiger partial charge in [-0.3, -0.25) is 0 Å². The van der Waals surface area contributed by atoms with Crippen LogP contribution in [0.15, 0.2) is 0 Å². The average molecular weight is 154 g/mol. The second-order valence-electron chi connectivity index (χ2n) is 2.19. The van der Waals surface area contributed by atoms with Crippen LogP contribution in [0, 0.1) is 0 Å². The second-order valence-corrected chi connectivity index (χ2v) is 2.51. The van der Waals surface area contributed by atoms with E-state index in [2.05, 4.69) is 16.3 Å². The van der Waals surface area contributed by atoms with E-state index in [1.165, 1.54) is 0 Å². The summed E-state index contributed by atoms with van der Waals surface area (Å²) in [5.41, 5.74) is -0.0417. The van der Waals surface area contributed by atoms with E-state index in [1.54, 1.807) is 0 Å². The summed E-state index contributed by atoms with van der Waals surface area (Å²) >= 11 is 2.87. The largest absolute Gasteiger partial charge is 1.00 e. The van der Waals surface area contributed by atoms with E-state index >= 15 is 0 Å². The van der Waals surface area contributed by atoms with E-state index in [-0.39, 0.29) is 7.03 Å². The van der Waals surface area contributed by atoms with Gasteiger partial charge >= 0.3 is 1.43 Å². The Labute approximate surface area is 48.6 Å². The minimum absolute atomic E-state index is 0. The summed E-state index contributed by atoms with van der Waals surface area (Å²) in [5.74, 6) is 0. The van der Waals surface area contributed by atoms with Crippen molar-refractivity contribution < 1.29 is 5.25 Å². The molecule has 0 aliphatic carbocycles. The topological polar surface area (TPSA) is 9.23 Å². The molecule has 0 aromatic carbocycles. The fourth-order valence-corrected chi connectivity index (χ4v) is 0. The summed E-state index contributed by atoms with van der Waals surface area (Å²) in [7, 11) is 0. The second kappa shape index (κ2) is 1.94. The van der Waals surface area contributed by atoms with Crippen LogP contribution in [0.25, 0.3) is 0 Å². The molecule has 2 heteroatoms. The van der Waals surface area contributed by atoms with Gasteiger partial charge in [-0.15, -0.1) is 0 Å². The molecular weight excluding hydrogens is 144 g/mol. The molecular formula is C4H10BrO+. The third-order valence-corrected chi connectivity index (χ3v) is 1.20. The minimum atomic E-state index is -0.0417. The van der Waals surface area contributed by atoms with Gasteiger partial charge in [0.2, 0.25) is 0 Å². The lowest BCUT2D eigenvalue weighted by Gasteiger charge is -2.11. The van der Waals surface area contributed by atoms with Crippen molar-refractivity contribution in [3.05, 3.63) is 0 Å². The standard InChI is InChI=1S/C4H9BrO/c1-4(2,3)6-5/h1-3H3/p+1. The monoisotopic (exact) mass is 153 g/mol. The molecule has 0 rings (SSSR count). The molecule has 0 aliphatic rings. The molecule has 0 aliphatic heterocycles. The van der Waals surface area contributed by atoms with E-state index in [0.717, 1.165) is 0 Å². The maximum atomic E-state index is 4.75. The van der Waals surface area contributed by atoms with Crippen molar-refractivity contribution in [3.8, 4) is 0 Å². The van der Waals surface area contributed by atoms with E-state index in [9.17, 15) is 0 Å². The third kappa shape index (κ3) is 4.44. The maximum Gasteiger partial charge on any atom is 1.00 e. The molecule has 0 bridgehead atoms. The van der Waals surface area contributed by atoms with Gasteiger partial charge in [0.05, 0.1) is 21.9 Å². The Morgan fingerprint density at radius 3 is 1.67 bits per heavy atom. The molecule has 0 N–H and O–H groups in total. The van der Waals surface area contributed by atoms with E-state index in [1.807, 2.05) is 20.8 Å². The zero-order valence-electron chi connectivity index (χ0n) is 5.29. The first-order valence-corrected chi connectivity index (χ1v) is 2.51. The summed E-state index contributed by atoms with van der Waals surface area (Å²) in [4.78, 5) is 0. The van der Waals surface area contributed by atoms with Gasteiger partial charge in [-0.2, -0.15) is 0 Å².